The molecule has 0 aliphatic rings. The Kier molecular flexibility index (Phi) is 6.65. The molecule has 1 amide bonds. The van der Waals surface area contributed by atoms with E-state index in [1.165, 1.54) is 12.5 Å². The van der Waals surface area contributed by atoms with Gasteiger partial charge in [-0.3, -0.25) is 9.78 Å². The van der Waals surface area contributed by atoms with E-state index in [4.69, 9.17) is 5.26 Å². The van der Waals surface area contributed by atoms with Crippen LogP contribution in [0.4, 0.5) is 5.82 Å². The third-order valence-electron chi connectivity index (χ3n) is 5.31. The maximum Gasteiger partial charge on any atom is 0.255 e. The van der Waals surface area contributed by atoms with E-state index in [1.54, 1.807) is 30.6 Å². The highest BCUT2D eigenvalue weighted by molar-refractivity contribution is 6.07. The molecule has 0 aliphatic heterocycles. The van der Waals surface area contributed by atoms with E-state index >= 15 is 0 Å². The molecule has 0 bridgehead atoms. The average Bonchev–Trinajstić information content (AvgIpc) is 2.89. The van der Waals surface area contributed by atoms with Crippen LogP contribution < -0.4 is 10.6 Å². The summed E-state index contributed by atoms with van der Waals surface area (Å²) < 4.78 is 0. The van der Waals surface area contributed by atoms with Crippen LogP contribution in [0.25, 0.3) is 22.2 Å². The van der Waals surface area contributed by atoms with Gasteiger partial charge in [-0.05, 0) is 30.0 Å². The van der Waals surface area contributed by atoms with Gasteiger partial charge in [0.1, 0.15) is 23.9 Å². The van der Waals surface area contributed by atoms with Crippen LogP contribution >= 0.6 is 0 Å². The summed E-state index contributed by atoms with van der Waals surface area (Å²) in [6.45, 7) is 8.06. The minimum Gasteiger partial charge on any atom is -0.369 e. The minimum atomic E-state index is -0.237. The van der Waals surface area contributed by atoms with Gasteiger partial charge < -0.3 is 10.6 Å². The Bertz CT molecular complexity index is 1410. The van der Waals surface area contributed by atoms with Gasteiger partial charge in [0.05, 0.1) is 16.8 Å². The Hall–Kier alpha value is -4.90. The normalized spacial score (nSPS) is 11.3. The van der Waals surface area contributed by atoms with Crippen molar-refractivity contribution >= 4 is 22.6 Å². The second kappa shape index (κ2) is 10.1. The lowest BCUT2D eigenvalue weighted by Gasteiger charge is -2.17. The predicted octanol–water partition coefficient (Wildman–Crippen LogP) is 4.21. The lowest BCUT2D eigenvalue weighted by atomic mass is 9.94. The molecule has 34 heavy (non-hydrogen) atoms. The van der Waals surface area contributed by atoms with Crippen molar-refractivity contribution in [2.45, 2.75) is 5.92 Å². The number of anilines is 1. The first kappa shape index (κ1) is 22.3. The summed E-state index contributed by atoms with van der Waals surface area (Å²) in [5, 5.41) is 15.6. The number of aromatic nitrogens is 4. The van der Waals surface area contributed by atoms with Crippen LogP contribution in [0.15, 0.2) is 86.6 Å². The van der Waals surface area contributed by atoms with Crippen LogP contribution in [-0.2, 0) is 0 Å². The fourth-order valence-corrected chi connectivity index (χ4v) is 3.62. The van der Waals surface area contributed by atoms with Crippen LogP contribution in [0.3, 0.4) is 0 Å². The maximum atomic E-state index is 12.4. The first-order chi connectivity index (χ1) is 16.6. The zero-order valence-electron chi connectivity index (χ0n) is 18.3. The largest absolute Gasteiger partial charge is 0.369 e. The third kappa shape index (κ3) is 4.64. The fourth-order valence-electron chi connectivity index (χ4n) is 3.62. The number of nitrogens with zero attached hydrogens (tertiary/aromatic N) is 5. The number of nitriles is 1. The smallest absolute Gasteiger partial charge is 0.255 e. The number of amides is 1. The number of hydrogen-bond acceptors (Lipinski definition) is 7. The molecule has 2 N–H and O–H groups in total. The van der Waals surface area contributed by atoms with Crippen molar-refractivity contribution in [3.05, 3.63) is 103 Å². The summed E-state index contributed by atoms with van der Waals surface area (Å²) in [5.41, 5.74) is 4.03. The summed E-state index contributed by atoms with van der Waals surface area (Å²) in [5.74, 6) is 0.308. The molecule has 0 saturated heterocycles. The minimum absolute atomic E-state index is 0.0936. The molecule has 3 heterocycles. The predicted molar refractivity (Wildman–Crippen MR) is 131 cm³/mol. The zero-order chi connectivity index (χ0) is 23.9. The van der Waals surface area contributed by atoms with Crippen molar-refractivity contribution in [1.82, 2.24) is 25.3 Å². The zero-order valence-corrected chi connectivity index (χ0v) is 18.3. The van der Waals surface area contributed by atoms with E-state index in [1.807, 2.05) is 36.4 Å². The molecule has 0 aliphatic carbocycles. The molecule has 8 nitrogen and oxygen atoms in total. The van der Waals surface area contributed by atoms with Gasteiger partial charge in [-0.25, -0.2) is 15.0 Å². The van der Waals surface area contributed by atoms with Crippen LogP contribution in [0.2, 0.25) is 0 Å². The molecule has 1 atom stereocenters. The van der Waals surface area contributed by atoms with Gasteiger partial charge >= 0.3 is 0 Å². The lowest BCUT2D eigenvalue weighted by Crippen LogP contribution is -2.17. The van der Waals surface area contributed by atoms with Crippen molar-refractivity contribution in [3.8, 4) is 17.3 Å². The van der Waals surface area contributed by atoms with E-state index in [2.05, 4.69) is 43.7 Å². The van der Waals surface area contributed by atoms with Gasteiger partial charge in [0, 0.05) is 41.9 Å². The highest BCUT2D eigenvalue weighted by Gasteiger charge is 2.16. The third-order valence-corrected chi connectivity index (χ3v) is 5.31. The second-order valence-corrected chi connectivity index (χ2v) is 7.34. The molecule has 4 rings (SSSR count). The van der Waals surface area contributed by atoms with Gasteiger partial charge in [0.2, 0.25) is 0 Å². The topological polar surface area (TPSA) is 116 Å². The number of hydrogen-bond donors (Lipinski definition) is 2. The van der Waals surface area contributed by atoms with Gasteiger partial charge in [-0.15, -0.1) is 6.58 Å². The standard InChI is InChI=1S/C26H21N7O/c1-3-17(20-6-5-7-21-22(26(34)28-4-2)10-11-29-25(20)21)14-31-24-12-23(32-16-33-24)18-8-9-19(13-27)30-15-18/h3-12,15-17H,1-2,14H2,(H,28,34)(H,31,32,33)/t17-/m1/s1. The van der Waals surface area contributed by atoms with Crippen molar-refractivity contribution in [3.63, 3.8) is 0 Å². The molecule has 0 radical (unpaired) electrons. The number of carbonyl (C=O) groups excluding carboxylic acids is 1. The number of carbonyl (C=O) groups is 1. The van der Waals surface area contributed by atoms with Crippen molar-refractivity contribution in [2.75, 3.05) is 11.9 Å². The Balaban J connectivity index is 1.58. The molecule has 0 spiro atoms. The number of para-hydroxylation sites is 1. The Morgan fingerprint density at radius 1 is 1.12 bits per heavy atom. The van der Waals surface area contributed by atoms with Crippen LogP contribution in [0.5, 0.6) is 0 Å². The van der Waals surface area contributed by atoms with Crippen LogP contribution in [0, 0.1) is 11.3 Å². The lowest BCUT2D eigenvalue weighted by molar-refractivity contribution is 0.0972. The molecular formula is C26H21N7O. The van der Waals surface area contributed by atoms with E-state index in [-0.39, 0.29) is 11.8 Å². The fraction of sp³-hybridized carbons (Fsp3) is 0.0769. The second-order valence-electron chi connectivity index (χ2n) is 7.34. The highest BCUT2D eigenvalue weighted by Crippen LogP contribution is 2.28. The molecular weight excluding hydrogens is 426 g/mol. The number of fused-ring (bicyclic) bond motifs is 1. The molecule has 0 fully saturated rings. The van der Waals surface area contributed by atoms with E-state index in [0.29, 0.717) is 29.3 Å². The van der Waals surface area contributed by atoms with Gasteiger partial charge in [-0.2, -0.15) is 5.26 Å². The van der Waals surface area contributed by atoms with Crippen LogP contribution in [0.1, 0.15) is 27.5 Å². The number of nitrogens with one attached hydrogen (secondary N) is 2. The Labute approximate surface area is 196 Å². The molecule has 0 saturated carbocycles. The summed E-state index contributed by atoms with van der Waals surface area (Å²) in [4.78, 5) is 29.7. The summed E-state index contributed by atoms with van der Waals surface area (Å²) in [6, 6.07) is 14.7. The quantitative estimate of drug-likeness (QED) is 0.389. The molecule has 0 unspecified atom stereocenters. The SMILES string of the molecule is C=CNC(=O)c1ccnc2c([C@H](C=C)CNc3cc(-c4ccc(C#N)nc4)ncn3)cccc12. The van der Waals surface area contributed by atoms with Crippen molar-refractivity contribution in [2.24, 2.45) is 0 Å². The first-order valence-corrected chi connectivity index (χ1v) is 10.5. The monoisotopic (exact) mass is 447 g/mol. The molecule has 8 heteroatoms. The summed E-state index contributed by atoms with van der Waals surface area (Å²) in [6.07, 6.45) is 7.91. The van der Waals surface area contributed by atoms with E-state index in [0.717, 1.165) is 22.0 Å². The Morgan fingerprint density at radius 2 is 2.00 bits per heavy atom. The Morgan fingerprint density at radius 3 is 2.74 bits per heavy atom. The average molecular weight is 448 g/mol. The summed E-state index contributed by atoms with van der Waals surface area (Å²) >= 11 is 0. The maximum absolute atomic E-state index is 12.4. The molecule has 3 aromatic heterocycles. The van der Waals surface area contributed by atoms with Gasteiger partial charge in [0.25, 0.3) is 5.91 Å². The number of benzene rings is 1. The van der Waals surface area contributed by atoms with Crippen molar-refractivity contribution < 1.29 is 4.79 Å². The number of rotatable bonds is 8. The van der Waals surface area contributed by atoms with Crippen molar-refractivity contribution in [1.29, 1.82) is 5.26 Å². The highest BCUT2D eigenvalue weighted by atomic mass is 16.1. The van der Waals surface area contributed by atoms with Crippen LogP contribution in [-0.4, -0.2) is 32.4 Å². The van der Waals surface area contributed by atoms with E-state index in [9.17, 15) is 4.79 Å². The first-order valence-electron chi connectivity index (χ1n) is 10.5. The van der Waals surface area contributed by atoms with E-state index < -0.39 is 0 Å². The molecule has 166 valence electrons. The number of pyridine rings is 2. The molecule has 1 aromatic carbocycles. The molecule has 4 aromatic rings. The van der Waals surface area contributed by atoms with Gasteiger partial charge in [0.15, 0.2) is 0 Å². The van der Waals surface area contributed by atoms with Gasteiger partial charge in [-0.1, -0.05) is 30.9 Å². The summed E-state index contributed by atoms with van der Waals surface area (Å²) in [7, 11) is 0.